The SMILES string of the molecule is CCNCc1cc(F)cnc1N1CCC(N(CC)CC)C1. The Morgan fingerprint density at radius 3 is 2.81 bits per heavy atom. The summed E-state index contributed by atoms with van der Waals surface area (Å²) in [6, 6.07) is 2.19. The molecule has 0 bridgehead atoms. The smallest absolute Gasteiger partial charge is 0.141 e. The summed E-state index contributed by atoms with van der Waals surface area (Å²) in [6.45, 7) is 12.2. The standard InChI is InChI=1S/C16H27FN4/c1-4-18-10-13-9-14(17)11-19-16(13)21-8-7-15(12-21)20(5-2)6-3/h9,11,15,18H,4-8,10,12H2,1-3H3. The van der Waals surface area contributed by atoms with Gasteiger partial charge in [0.25, 0.3) is 0 Å². The minimum atomic E-state index is -0.258. The Hall–Kier alpha value is -1.20. The lowest BCUT2D eigenvalue weighted by Crippen LogP contribution is -2.37. The number of pyridine rings is 1. The second-order valence-electron chi connectivity index (χ2n) is 5.53. The van der Waals surface area contributed by atoms with Crippen LogP contribution in [0.1, 0.15) is 32.8 Å². The Kier molecular flexibility index (Phi) is 5.94. The molecular formula is C16H27FN4. The molecule has 0 aromatic carbocycles. The molecule has 1 unspecified atom stereocenters. The van der Waals surface area contributed by atoms with Gasteiger partial charge in [-0.15, -0.1) is 0 Å². The summed E-state index contributed by atoms with van der Waals surface area (Å²) in [5.74, 6) is 0.679. The van der Waals surface area contributed by atoms with E-state index < -0.39 is 0 Å². The molecule has 0 spiro atoms. The van der Waals surface area contributed by atoms with Crippen molar-refractivity contribution in [3.05, 3.63) is 23.6 Å². The van der Waals surface area contributed by atoms with Crippen LogP contribution in [-0.2, 0) is 6.54 Å². The molecule has 21 heavy (non-hydrogen) atoms. The molecule has 5 heteroatoms. The summed E-state index contributed by atoms with van der Waals surface area (Å²) in [7, 11) is 0. The van der Waals surface area contributed by atoms with E-state index in [1.54, 1.807) is 6.07 Å². The van der Waals surface area contributed by atoms with Gasteiger partial charge in [-0.2, -0.15) is 0 Å². The molecule has 0 saturated carbocycles. The van der Waals surface area contributed by atoms with Crippen LogP contribution in [0.2, 0.25) is 0 Å². The van der Waals surface area contributed by atoms with Gasteiger partial charge in [-0.1, -0.05) is 20.8 Å². The van der Waals surface area contributed by atoms with Crippen molar-refractivity contribution in [3.63, 3.8) is 0 Å². The number of hydrogen-bond acceptors (Lipinski definition) is 4. The van der Waals surface area contributed by atoms with Crippen LogP contribution in [0.25, 0.3) is 0 Å². The van der Waals surface area contributed by atoms with E-state index in [-0.39, 0.29) is 5.82 Å². The van der Waals surface area contributed by atoms with E-state index in [1.807, 2.05) is 0 Å². The number of nitrogens with zero attached hydrogens (tertiary/aromatic N) is 3. The quantitative estimate of drug-likeness (QED) is 0.836. The third-order valence-electron chi connectivity index (χ3n) is 4.27. The van der Waals surface area contributed by atoms with Gasteiger partial charge in [-0.05, 0) is 32.1 Å². The molecule has 1 saturated heterocycles. The lowest BCUT2D eigenvalue weighted by molar-refractivity contribution is 0.232. The number of anilines is 1. The van der Waals surface area contributed by atoms with Crippen molar-refractivity contribution in [1.29, 1.82) is 0 Å². The molecule has 1 fully saturated rings. The van der Waals surface area contributed by atoms with Crippen molar-refractivity contribution in [2.45, 2.75) is 39.8 Å². The van der Waals surface area contributed by atoms with Gasteiger partial charge < -0.3 is 10.2 Å². The Labute approximate surface area is 127 Å². The minimum absolute atomic E-state index is 0.258. The van der Waals surface area contributed by atoms with Gasteiger partial charge in [-0.3, -0.25) is 4.90 Å². The number of rotatable bonds is 7. The summed E-state index contributed by atoms with van der Waals surface area (Å²) >= 11 is 0. The number of likely N-dealkylation sites (N-methyl/N-ethyl adjacent to an activating group) is 1. The van der Waals surface area contributed by atoms with Crippen LogP contribution in [0.3, 0.4) is 0 Å². The summed E-state index contributed by atoms with van der Waals surface area (Å²) in [5.41, 5.74) is 0.956. The van der Waals surface area contributed by atoms with Crippen LogP contribution in [0, 0.1) is 5.82 Å². The van der Waals surface area contributed by atoms with Crippen molar-refractivity contribution < 1.29 is 4.39 Å². The predicted molar refractivity (Wildman–Crippen MR) is 85.1 cm³/mol. The lowest BCUT2D eigenvalue weighted by atomic mass is 10.2. The molecule has 1 aromatic rings. The van der Waals surface area contributed by atoms with Gasteiger partial charge in [0.15, 0.2) is 0 Å². The van der Waals surface area contributed by atoms with Gasteiger partial charge in [0, 0.05) is 31.2 Å². The lowest BCUT2D eigenvalue weighted by Gasteiger charge is -2.27. The fourth-order valence-electron chi connectivity index (χ4n) is 3.12. The fraction of sp³-hybridized carbons (Fsp3) is 0.688. The topological polar surface area (TPSA) is 31.4 Å². The molecule has 1 aromatic heterocycles. The molecule has 2 rings (SSSR count). The molecule has 1 aliphatic heterocycles. The Balaban J connectivity index is 2.11. The van der Waals surface area contributed by atoms with E-state index in [0.29, 0.717) is 12.6 Å². The average Bonchev–Trinajstić information content (AvgIpc) is 2.96. The highest BCUT2D eigenvalue weighted by atomic mass is 19.1. The largest absolute Gasteiger partial charge is 0.355 e. The zero-order valence-electron chi connectivity index (χ0n) is 13.4. The highest BCUT2D eigenvalue weighted by Gasteiger charge is 2.28. The summed E-state index contributed by atoms with van der Waals surface area (Å²) in [6.07, 6.45) is 2.48. The monoisotopic (exact) mass is 294 g/mol. The van der Waals surface area contributed by atoms with Crippen LogP contribution < -0.4 is 10.2 Å². The summed E-state index contributed by atoms with van der Waals surface area (Å²) < 4.78 is 13.5. The zero-order valence-corrected chi connectivity index (χ0v) is 13.4. The highest BCUT2D eigenvalue weighted by molar-refractivity contribution is 5.48. The van der Waals surface area contributed by atoms with Crippen LogP contribution in [0.4, 0.5) is 10.2 Å². The maximum absolute atomic E-state index is 13.5. The number of aromatic nitrogens is 1. The van der Waals surface area contributed by atoms with Crippen molar-refractivity contribution in [2.75, 3.05) is 37.6 Å². The number of nitrogens with one attached hydrogen (secondary N) is 1. The molecule has 118 valence electrons. The summed E-state index contributed by atoms with van der Waals surface area (Å²) in [5, 5.41) is 3.27. The normalized spacial score (nSPS) is 18.7. The van der Waals surface area contributed by atoms with Crippen molar-refractivity contribution >= 4 is 5.82 Å². The molecule has 4 nitrogen and oxygen atoms in total. The molecule has 1 N–H and O–H groups in total. The van der Waals surface area contributed by atoms with Gasteiger partial charge in [0.2, 0.25) is 0 Å². The fourth-order valence-corrected chi connectivity index (χ4v) is 3.12. The predicted octanol–water partition coefficient (Wildman–Crippen LogP) is 2.25. The molecule has 1 aliphatic rings. The first kappa shape index (κ1) is 16.2. The Bertz CT molecular complexity index is 448. The van der Waals surface area contributed by atoms with Gasteiger partial charge >= 0.3 is 0 Å². The molecule has 2 heterocycles. The Morgan fingerprint density at radius 1 is 1.38 bits per heavy atom. The van der Waals surface area contributed by atoms with Crippen LogP contribution in [0.15, 0.2) is 12.3 Å². The first-order valence-electron chi connectivity index (χ1n) is 8.03. The first-order chi connectivity index (χ1) is 10.2. The molecule has 0 amide bonds. The van der Waals surface area contributed by atoms with Gasteiger partial charge in [0.1, 0.15) is 11.6 Å². The maximum Gasteiger partial charge on any atom is 0.141 e. The second kappa shape index (κ2) is 7.71. The molecule has 0 radical (unpaired) electrons. The van der Waals surface area contributed by atoms with Crippen LogP contribution in [-0.4, -0.2) is 48.6 Å². The van der Waals surface area contributed by atoms with Gasteiger partial charge in [0.05, 0.1) is 6.20 Å². The molecule has 1 atom stereocenters. The van der Waals surface area contributed by atoms with Crippen molar-refractivity contribution in [1.82, 2.24) is 15.2 Å². The minimum Gasteiger partial charge on any atom is -0.355 e. The van der Waals surface area contributed by atoms with Crippen molar-refractivity contribution in [3.8, 4) is 0 Å². The van der Waals surface area contributed by atoms with Crippen molar-refractivity contribution in [2.24, 2.45) is 0 Å². The van der Waals surface area contributed by atoms with Crippen LogP contribution >= 0.6 is 0 Å². The molecule has 0 aliphatic carbocycles. The van der Waals surface area contributed by atoms with E-state index in [1.165, 1.54) is 6.20 Å². The second-order valence-corrected chi connectivity index (χ2v) is 5.53. The number of halogens is 1. The average molecular weight is 294 g/mol. The van der Waals surface area contributed by atoms with E-state index in [9.17, 15) is 4.39 Å². The first-order valence-corrected chi connectivity index (χ1v) is 8.03. The van der Waals surface area contributed by atoms with E-state index in [4.69, 9.17) is 0 Å². The summed E-state index contributed by atoms with van der Waals surface area (Å²) in [4.78, 5) is 9.15. The number of hydrogen-bond donors (Lipinski definition) is 1. The van der Waals surface area contributed by atoms with Crippen LogP contribution in [0.5, 0.6) is 0 Å². The van der Waals surface area contributed by atoms with E-state index >= 15 is 0 Å². The van der Waals surface area contributed by atoms with E-state index in [0.717, 1.165) is 50.5 Å². The van der Waals surface area contributed by atoms with E-state index in [2.05, 4.69) is 40.9 Å². The Morgan fingerprint density at radius 2 is 2.14 bits per heavy atom. The van der Waals surface area contributed by atoms with Gasteiger partial charge in [-0.25, -0.2) is 9.37 Å². The maximum atomic E-state index is 13.5. The third-order valence-corrected chi connectivity index (χ3v) is 4.27. The third kappa shape index (κ3) is 3.92. The zero-order chi connectivity index (χ0) is 15.2. The molecular weight excluding hydrogens is 267 g/mol. The highest BCUT2D eigenvalue weighted by Crippen LogP contribution is 2.25.